The minimum Gasteiger partial charge on any atom is -0.489 e. The highest BCUT2D eigenvalue weighted by atomic mass is 35.5. The van der Waals surface area contributed by atoms with Crippen molar-refractivity contribution >= 4 is 70.6 Å². The van der Waals surface area contributed by atoms with E-state index in [1.165, 1.54) is 14.2 Å². The number of nitrogens with zero attached hydrogens (tertiary/aromatic N) is 4. The van der Waals surface area contributed by atoms with Crippen LogP contribution in [0.25, 0.3) is 0 Å². The van der Waals surface area contributed by atoms with Gasteiger partial charge in [-0.3, -0.25) is 19.2 Å². The normalized spacial score (nSPS) is 24.1. The predicted molar refractivity (Wildman–Crippen MR) is 276 cm³/mol. The fourth-order valence-electron chi connectivity index (χ4n) is 9.53. The van der Waals surface area contributed by atoms with Crippen LogP contribution < -0.4 is 21.3 Å². The van der Waals surface area contributed by atoms with E-state index in [1.54, 1.807) is 102 Å². The maximum Gasteiger partial charge on any atom is 0.337 e. The SMILES string of the molecule is CN[C@@H](C)C(=O)N[C@H](C(=O)N1CCC[C@H]1C1=N[C@@](Cc2cccc(Cl)c2)(C(=O)OC)CO1)[C@@H](C)O/C(C)=C(\C)O[C@H](C)[C@H](NC(=O)[C@H](C)NC)C(=O)N1CCC[C@H]1C1=N[C@@](Cc2cccc(Cl)c2)(C(=O)OC)CO1. The molecule has 74 heavy (non-hydrogen) atoms. The van der Waals surface area contributed by atoms with Gasteiger partial charge in [0.15, 0.2) is 11.1 Å². The molecule has 22 heteroatoms. The van der Waals surface area contributed by atoms with Gasteiger partial charge in [0, 0.05) is 36.0 Å². The van der Waals surface area contributed by atoms with E-state index >= 15 is 0 Å². The highest BCUT2D eigenvalue weighted by molar-refractivity contribution is 6.31. The van der Waals surface area contributed by atoms with E-state index in [4.69, 9.17) is 61.6 Å². The number of halogens is 2. The van der Waals surface area contributed by atoms with E-state index in [9.17, 15) is 28.8 Å². The number of esters is 2. The van der Waals surface area contributed by atoms with Gasteiger partial charge in [0.25, 0.3) is 0 Å². The summed E-state index contributed by atoms with van der Waals surface area (Å²) in [5.74, 6) is -2.18. The van der Waals surface area contributed by atoms with Crippen molar-refractivity contribution in [1.82, 2.24) is 31.1 Å². The molecule has 0 aromatic heterocycles. The molecule has 4 aliphatic heterocycles. The summed E-state index contributed by atoms with van der Waals surface area (Å²) < 4.78 is 35.5. The summed E-state index contributed by atoms with van der Waals surface area (Å²) in [6.07, 6.45) is 0.448. The van der Waals surface area contributed by atoms with Crippen molar-refractivity contribution in [1.29, 1.82) is 0 Å². The number of hydrogen-bond donors (Lipinski definition) is 4. The largest absolute Gasteiger partial charge is 0.489 e. The zero-order valence-corrected chi connectivity index (χ0v) is 45.3. The molecular formula is C52H70Cl2N8O12. The van der Waals surface area contributed by atoms with Crippen LogP contribution >= 0.6 is 23.2 Å². The van der Waals surface area contributed by atoms with Crippen LogP contribution in [0.2, 0.25) is 10.0 Å². The Balaban J connectivity index is 1.22. The summed E-state index contributed by atoms with van der Waals surface area (Å²) in [6.45, 7) is 10.2. The first-order chi connectivity index (χ1) is 35.2. The first-order valence-corrected chi connectivity index (χ1v) is 25.6. The van der Waals surface area contributed by atoms with E-state index < -0.39 is 95.1 Å². The maximum absolute atomic E-state index is 14.8. The van der Waals surface area contributed by atoms with Crippen molar-refractivity contribution in [2.24, 2.45) is 9.98 Å². The van der Waals surface area contributed by atoms with Crippen LogP contribution in [0.5, 0.6) is 0 Å². The number of likely N-dealkylation sites (N-methyl/N-ethyl adjacent to an activating group) is 2. The van der Waals surface area contributed by atoms with Crippen molar-refractivity contribution in [3.63, 3.8) is 0 Å². The number of benzene rings is 2. The second-order valence-corrected chi connectivity index (χ2v) is 20.1. The molecule has 10 atom stereocenters. The minimum absolute atomic E-state index is 0.114. The van der Waals surface area contributed by atoms with Gasteiger partial charge in [0.05, 0.1) is 26.3 Å². The molecule has 4 heterocycles. The van der Waals surface area contributed by atoms with Crippen molar-refractivity contribution in [2.75, 3.05) is 54.6 Å². The molecule has 2 aromatic rings. The molecular weight excluding hydrogens is 1000 g/mol. The Kier molecular flexibility index (Phi) is 19.4. The first-order valence-electron chi connectivity index (χ1n) is 24.9. The van der Waals surface area contributed by atoms with E-state index in [-0.39, 0.29) is 49.4 Å². The molecule has 4 amide bonds. The molecule has 2 aromatic carbocycles. The third-order valence-electron chi connectivity index (χ3n) is 14.1. The van der Waals surface area contributed by atoms with Crippen molar-refractivity contribution in [3.05, 3.63) is 81.2 Å². The van der Waals surface area contributed by atoms with E-state index in [0.29, 0.717) is 48.8 Å². The van der Waals surface area contributed by atoms with Gasteiger partial charge in [-0.15, -0.1) is 0 Å². The predicted octanol–water partition coefficient (Wildman–Crippen LogP) is 3.69. The third kappa shape index (κ3) is 13.1. The molecule has 0 radical (unpaired) electrons. The summed E-state index contributed by atoms with van der Waals surface area (Å²) in [5.41, 5.74) is -1.34. The number of carbonyl (C=O) groups excluding carboxylic acids is 6. The van der Waals surface area contributed by atoms with Crippen LogP contribution in [0.1, 0.15) is 78.4 Å². The van der Waals surface area contributed by atoms with Gasteiger partial charge in [-0.25, -0.2) is 19.6 Å². The highest BCUT2D eigenvalue weighted by Crippen LogP contribution is 2.34. The Morgan fingerprint density at radius 3 is 1.38 bits per heavy atom. The monoisotopic (exact) mass is 1070 g/mol. The van der Waals surface area contributed by atoms with Crippen LogP contribution in [0.4, 0.5) is 0 Å². The molecule has 0 unspecified atom stereocenters. The standard InChI is InChI=1S/C52H70Cl2N8O12/c1-29(55-7)43(63)57-41(47(65)61-21-13-19-39(61)45-59-51(27-71-45,49(67)69-9)25-35-15-11-17-37(53)23-35)33(5)73-31(3)32(4)74-34(6)42(58-44(64)30(2)56-8)48(66)62-22-14-20-40(62)46-60-52(28-72-46,50(68)70-10)26-36-16-12-18-38(54)24-36/h11-12,15-18,23-24,29-30,33-34,39-42,55-56H,13-14,19-22,25-28H2,1-10H3,(H,57,63)(H,58,64)/b32-31+/t29-,30-,33+,34+,39-,40-,41-,42-,51+,52+/m0/s1. The lowest BCUT2D eigenvalue weighted by Crippen LogP contribution is -2.58. The fraction of sp³-hybridized carbons (Fsp3) is 0.577. The van der Waals surface area contributed by atoms with Gasteiger partial charge in [0.2, 0.25) is 35.4 Å². The molecule has 2 saturated heterocycles. The molecule has 2 fully saturated rings. The third-order valence-corrected chi connectivity index (χ3v) is 14.5. The molecule has 4 aliphatic rings. The van der Waals surface area contributed by atoms with Crippen LogP contribution in [0, 0.1) is 0 Å². The Hall–Kier alpha value is -5.96. The number of hydrogen-bond acceptors (Lipinski definition) is 16. The Morgan fingerprint density at radius 2 is 1.04 bits per heavy atom. The minimum atomic E-state index is -1.42. The summed E-state index contributed by atoms with van der Waals surface area (Å²) in [5, 5.41) is 12.6. The lowest BCUT2D eigenvalue weighted by molar-refractivity contribution is -0.148. The highest BCUT2D eigenvalue weighted by Gasteiger charge is 2.51. The van der Waals surface area contributed by atoms with E-state index in [0.717, 1.165) is 11.1 Å². The number of rotatable bonds is 22. The Morgan fingerprint density at radius 1 is 0.662 bits per heavy atom. The number of nitrogens with one attached hydrogen (secondary N) is 4. The summed E-state index contributed by atoms with van der Waals surface area (Å²) in [7, 11) is 5.81. The number of ether oxygens (including phenoxy) is 6. The Labute approximate surface area is 442 Å². The van der Waals surface area contributed by atoms with E-state index in [1.807, 2.05) is 12.1 Å². The molecule has 0 spiro atoms. The lowest BCUT2D eigenvalue weighted by Gasteiger charge is -2.33. The average Bonchev–Trinajstić information content (AvgIpc) is 4.23. The van der Waals surface area contributed by atoms with E-state index in [2.05, 4.69) is 21.3 Å². The first kappa shape index (κ1) is 57.3. The zero-order valence-electron chi connectivity index (χ0n) is 43.8. The summed E-state index contributed by atoms with van der Waals surface area (Å²) in [6, 6.07) is 9.03. The number of amides is 4. The number of aliphatic imine (C=N–C) groups is 2. The smallest absolute Gasteiger partial charge is 0.337 e. The lowest BCUT2D eigenvalue weighted by atomic mass is 9.92. The zero-order chi connectivity index (χ0) is 54.1. The molecule has 4 N–H and O–H groups in total. The van der Waals surface area contributed by atoms with Crippen LogP contribution in [-0.4, -0.2) is 171 Å². The van der Waals surface area contributed by atoms with Crippen LogP contribution in [0.15, 0.2) is 70.0 Å². The van der Waals surface area contributed by atoms with Crippen LogP contribution in [0.3, 0.4) is 0 Å². The summed E-state index contributed by atoms with van der Waals surface area (Å²) in [4.78, 5) is 96.1. The molecule has 0 aliphatic carbocycles. The number of allylic oxidation sites excluding steroid dienone is 2. The molecule has 0 bridgehead atoms. The molecule has 404 valence electrons. The maximum atomic E-state index is 14.8. The molecule has 20 nitrogen and oxygen atoms in total. The van der Waals surface area contributed by atoms with Gasteiger partial charge in [-0.1, -0.05) is 47.5 Å². The topological polar surface area (TPSA) is 237 Å². The van der Waals surface area contributed by atoms with Gasteiger partial charge in [-0.05, 0) is 117 Å². The second-order valence-electron chi connectivity index (χ2n) is 19.3. The van der Waals surface area contributed by atoms with Gasteiger partial charge in [0.1, 0.15) is 61.1 Å². The number of carbonyl (C=O) groups is 6. The van der Waals surface area contributed by atoms with Crippen molar-refractivity contribution in [2.45, 2.75) is 140 Å². The Bertz CT molecular complexity index is 2340. The number of likely N-dealkylation sites (tertiary alicyclic amines) is 2. The molecule has 6 rings (SSSR count). The summed E-state index contributed by atoms with van der Waals surface area (Å²) >= 11 is 12.5. The quantitative estimate of drug-likeness (QED) is 0.0973. The number of methoxy groups -OCH3 is 2. The van der Waals surface area contributed by atoms with Crippen molar-refractivity contribution in [3.8, 4) is 0 Å². The van der Waals surface area contributed by atoms with Gasteiger partial charge >= 0.3 is 11.9 Å². The van der Waals surface area contributed by atoms with Gasteiger partial charge < -0.3 is 59.5 Å². The molecule has 0 saturated carbocycles. The fourth-order valence-corrected chi connectivity index (χ4v) is 9.96. The van der Waals surface area contributed by atoms with Gasteiger partial charge in [-0.2, -0.15) is 0 Å². The van der Waals surface area contributed by atoms with Crippen LogP contribution in [-0.2, 0) is 70.0 Å². The van der Waals surface area contributed by atoms with Crippen molar-refractivity contribution < 1.29 is 57.2 Å². The second kappa shape index (κ2) is 25.0. The average molecular weight is 1070 g/mol.